The Morgan fingerprint density at radius 3 is 2.27 bits per heavy atom. The van der Waals surface area contributed by atoms with Crippen LogP contribution in [0.5, 0.6) is 0 Å². The standard InChI is InChI=1S/C26H28F2IN3O4S/c1-37(35,36)32-23-7-5-17(6-8-23)13-26(34)31-24(12-19-9-20(27)14-21(28)10-19)25(33)16-30-15-18-3-2-4-22(29)11-18/h2-11,14,24-25,30,32-33H,12-13,15-16H2,1H3,(H,31,34)/t24-,25-/m0/s1. The van der Waals surface area contributed by atoms with Crippen LogP contribution in [-0.2, 0) is 34.2 Å². The maximum Gasteiger partial charge on any atom is 0.229 e. The lowest BCUT2D eigenvalue weighted by Crippen LogP contribution is -2.49. The molecule has 2 atom stereocenters. The molecule has 0 aromatic heterocycles. The van der Waals surface area contributed by atoms with Crippen LogP contribution in [0.2, 0.25) is 0 Å². The van der Waals surface area contributed by atoms with E-state index >= 15 is 0 Å². The molecular formula is C26H28F2IN3O4S. The van der Waals surface area contributed by atoms with Gasteiger partial charge in [-0.3, -0.25) is 9.52 Å². The Morgan fingerprint density at radius 2 is 1.65 bits per heavy atom. The van der Waals surface area contributed by atoms with Crippen molar-refractivity contribution in [3.63, 3.8) is 0 Å². The quantitative estimate of drug-likeness (QED) is 0.227. The maximum atomic E-state index is 13.7. The second kappa shape index (κ2) is 13.3. The zero-order valence-electron chi connectivity index (χ0n) is 20.0. The average Bonchev–Trinajstić information content (AvgIpc) is 2.78. The number of carbonyl (C=O) groups is 1. The lowest BCUT2D eigenvalue weighted by molar-refractivity contribution is -0.122. The van der Waals surface area contributed by atoms with Gasteiger partial charge < -0.3 is 15.7 Å². The number of sulfonamides is 1. The molecule has 0 unspecified atom stereocenters. The van der Waals surface area contributed by atoms with Crippen LogP contribution in [0.4, 0.5) is 14.5 Å². The van der Waals surface area contributed by atoms with Crippen LogP contribution in [0.3, 0.4) is 0 Å². The number of halogens is 3. The Bertz CT molecular complexity index is 1300. The topological polar surface area (TPSA) is 108 Å². The van der Waals surface area contributed by atoms with Crippen molar-refractivity contribution in [2.75, 3.05) is 17.5 Å². The van der Waals surface area contributed by atoms with Crippen LogP contribution in [0.1, 0.15) is 16.7 Å². The van der Waals surface area contributed by atoms with Gasteiger partial charge in [0.1, 0.15) is 11.6 Å². The molecule has 3 aromatic rings. The maximum absolute atomic E-state index is 13.7. The molecule has 1 amide bonds. The van der Waals surface area contributed by atoms with E-state index in [2.05, 4.69) is 37.9 Å². The molecule has 0 fully saturated rings. The van der Waals surface area contributed by atoms with Crippen molar-refractivity contribution in [2.45, 2.75) is 31.5 Å². The second-order valence-corrected chi connectivity index (χ2v) is 11.7. The number of benzene rings is 3. The first-order valence-electron chi connectivity index (χ1n) is 11.4. The predicted octanol–water partition coefficient (Wildman–Crippen LogP) is 3.36. The van der Waals surface area contributed by atoms with E-state index < -0.39 is 39.7 Å². The number of hydrogen-bond acceptors (Lipinski definition) is 5. The first-order chi connectivity index (χ1) is 17.5. The molecule has 0 saturated carbocycles. The normalized spacial score (nSPS) is 13.1. The molecule has 0 radical (unpaired) electrons. The van der Waals surface area contributed by atoms with Crippen LogP contribution in [0.15, 0.2) is 66.7 Å². The third-order valence-electron chi connectivity index (χ3n) is 5.38. The highest BCUT2D eigenvalue weighted by atomic mass is 127. The molecule has 0 saturated heterocycles. The van der Waals surface area contributed by atoms with Gasteiger partial charge in [-0.05, 0) is 82.1 Å². The average molecular weight is 643 g/mol. The first kappa shape index (κ1) is 29.0. The number of amides is 1. The Balaban J connectivity index is 1.66. The number of aliphatic hydroxyl groups excluding tert-OH is 1. The summed E-state index contributed by atoms with van der Waals surface area (Å²) in [4.78, 5) is 12.8. The van der Waals surface area contributed by atoms with E-state index in [1.165, 1.54) is 12.1 Å². The number of aliphatic hydroxyl groups is 1. The van der Waals surface area contributed by atoms with Crippen molar-refractivity contribution >= 4 is 44.2 Å². The van der Waals surface area contributed by atoms with E-state index in [1.807, 2.05) is 24.3 Å². The van der Waals surface area contributed by atoms with Crippen LogP contribution in [0.25, 0.3) is 0 Å². The molecule has 37 heavy (non-hydrogen) atoms. The summed E-state index contributed by atoms with van der Waals surface area (Å²) in [5.74, 6) is -1.88. The Kier molecular flexibility index (Phi) is 10.4. The third kappa shape index (κ3) is 10.3. The Labute approximate surface area is 228 Å². The molecule has 0 aliphatic carbocycles. The number of anilines is 1. The van der Waals surface area contributed by atoms with Crippen molar-refractivity contribution in [1.82, 2.24) is 10.6 Å². The SMILES string of the molecule is CS(=O)(=O)Nc1ccc(CC(=O)N[C@@H](Cc2cc(F)cc(F)c2)[C@@H](O)CNCc2cccc(I)c2)cc1. The van der Waals surface area contributed by atoms with Crippen molar-refractivity contribution in [2.24, 2.45) is 0 Å². The largest absolute Gasteiger partial charge is 0.390 e. The predicted molar refractivity (Wildman–Crippen MR) is 147 cm³/mol. The van der Waals surface area contributed by atoms with E-state index in [0.29, 0.717) is 23.4 Å². The summed E-state index contributed by atoms with van der Waals surface area (Å²) in [6.45, 7) is 0.636. The van der Waals surface area contributed by atoms with Gasteiger partial charge in [0.05, 0.1) is 24.8 Å². The van der Waals surface area contributed by atoms with Crippen molar-refractivity contribution in [3.8, 4) is 0 Å². The molecule has 0 aliphatic heterocycles. The molecular weight excluding hydrogens is 615 g/mol. The molecule has 11 heteroatoms. The Morgan fingerprint density at radius 1 is 0.973 bits per heavy atom. The molecule has 0 bridgehead atoms. The number of hydrogen-bond donors (Lipinski definition) is 4. The minimum atomic E-state index is -3.42. The fourth-order valence-corrected chi connectivity index (χ4v) is 4.94. The molecule has 0 spiro atoms. The van der Waals surface area contributed by atoms with E-state index in [-0.39, 0.29) is 19.4 Å². The first-order valence-corrected chi connectivity index (χ1v) is 14.4. The van der Waals surface area contributed by atoms with Crippen molar-refractivity contribution in [3.05, 3.63) is 98.6 Å². The van der Waals surface area contributed by atoms with E-state index in [4.69, 9.17) is 0 Å². The molecule has 3 aromatic carbocycles. The lowest BCUT2D eigenvalue weighted by atomic mass is 10.00. The molecule has 0 heterocycles. The van der Waals surface area contributed by atoms with Gasteiger partial charge in [-0.25, -0.2) is 17.2 Å². The smallest absolute Gasteiger partial charge is 0.229 e. The monoisotopic (exact) mass is 643 g/mol. The summed E-state index contributed by atoms with van der Waals surface area (Å²) in [6.07, 6.45) is -0.0153. The summed E-state index contributed by atoms with van der Waals surface area (Å²) in [7, 11) is -3.42. The molecule has 7 nitrogen and oxygen atoms in total. The molecule has 3 rings (SSSR count). The van der Waals surface area contributed by atoms with Gasteiger partial charge in [0.2, 0.25) is 15.9 Å². The summed E-state index contributed by atoms with van der Waals surface area (Å²) in [5, 5.41) is 16.8. The minimum absolute atomic E-state index is 0.0176. The highest BCUT2D eigenvalue weighted by Gasteiger charge is 2.22. The van der Waals surface area contributed by atoms with Crippen LogP contribution >= 0.6 is 22.6 Å². The number of rotatable bonds is 12. The van der Waals surface area contributed by atoms with Crippen LogP contribution < -0.4 is 15.4 Å². The fourth-order valence-electron chi connectivity index (χ4n) is 3.77. The minimum Gasteiger partial charge on any atom is -0.390 e. The summed E-state index contributed by atoms with van der Waals surface area (Å²) in [5.41, 5.74) is 2.32. The van der Waals surface area contributed by atoms with Gasteiger partial charge in [-0.15, -0.1) is 0 Å². The summed E-state index contributed by atoms with van der Waals surface area (Å²) < 4.78 is 53.6. The van der Waals surface area contributed by atoms with Gasteiger partial charge >= 0.3 is 0 Å². The number of carbonyl (C=O) groups excluding carboxylic acids is 1. The molecule has 198 valence electrons. The molecule has 4 N–H and O–H groups in total. The van der Waals surface area contributed by atoms with Gasteiger partial charge in [-0.1, -0.05) is 24.3 Å². The highest BCUT2D eigenvalue weighted by molar-refractivity contribution is 14.1. The van der Waals surface area contributed by atoms with Gasteiger partial charge in [0, 0.05) is 28.4 Å². The fraction of sp³-hybridized carbons (Fsp3) is 0.269. The van der Waals surface area contributed by atoms with Crippen molar-refractivity contribution < 1.29 is 27.1 Å². The summed E-state index contributed by atoms with van der Waals surface area (Å²) in [6, 6.07) is 16.5. The Hall–Kier alpha value is -2.61. The van der Waals surface area contributed by atoms with E-state index in [9.17, 15) is 27.1 Å². The zero-order valence-corrected chi connectivity index (χ0v) is 23.0. The van der Waals surface area contributed by atoms with Gasteiger partial charge in [0.15, 0.2) is 0 Å². The summed E-state index contributed by atoms with van der Waals surface area (Å²) >= 11 is 2.21. The molecule has 0 aliphatic rings. The van der Waals surface area contributed by atoms with Gasteiger partial charge in [0.25, 0.3) is 0 Å². The van der Waals surface area contributed by atoms with Crippen molar-refractivity contribution in [1.29, 1.82) is 0 Å². The van der Waals surface area contributed by atoms with Crippen LogP contribution in [0, 0.1) is 15.2 Å². The van der Waals surface area contributed by atoms with E-state index in [0.717, 1.165) is 21.5 Å². The van der Waals surface area contributed by atoms with Gasteiger partial charge in [-0.2, -0.15) is 0 Å². The third-order valence-corrected chi connectivity index (χ3v) is 6.66. The second-order valence-electron chi connectivity index (χ2n) is 8.73. The zero-order chi connectivity index (χ0) is 27.0. The lowest BCUT2D eigenvalue weighted by Gasteiger charge is -2.25. The van der Waals surface area contributed by atoms with Crippen LogP contribution in [-0.4, -0.2) is 44.4 Å². The highest BCUT2D eigenvalue weighted by Crippen LogP contribution is 2.14. The van der Waals surface area contributed by atoms with E-state index in [1.54, 1.807) is 24.3 Å². The number of nitrogens with one attached hydrogen (secondary N) is 3.